The van der Waals surface area contributed by atoms with E-state index in [1.807, 2.05) is 11.3 Å². The fourth-order valence-electron chi connectivity index (χ4n) is 2.80. The van der Waals surface area contributed by atoms with Gasteiger partial charge in [-0.3, -0.25) is 9.89 Å². The molecule has 0 spiro atoms. The van der Waals surface area contributed by atoms with Crippen LogP contribution in [0.25, 0.3) is 0 Å². The molecule has 0 bridgehead atoms. The Morgan fingerprint density at radius 1 is 1.35 bits per heavy atom. The molecule has 0 saturated heterocycles. The van der Waals surface area contributed by atoms with Crippen LogP contribution in [-0.2, 0) is 0 Å². The van der Waals surface area contributed by atoms with Crippen molar-refractivity contribution in [1.29, 1.82) is 0 Å². The molecule has 0 aliphatic heterocycles. The molecule has 2 rings (SSSR count). The molecule has 1 aromatic heterocycles. The van der Waals surface area contributed by atoms with E-state index in [0.29, 0.717) is 12.0 Å². The van der Waals surface area contributed by atoms with Gasteiger partial charge in [-0.1, -0.05) is 13.0 Å². The predicted molar refractivity (Wildman–Crippen MR) is 102 cm³/mol. The third-order valence-electron chi connectivity index (χ3n) is 4.24. The minimum atomic E-state index is 0.476. The Morgan fingerprint density at radius 3 is 2.70 bits per heavy atom. The first-order chi connectivity index (χ1) is 11.1. The van der Waals surface area contributed by atoms with Crippen LogP contribution in [0.5, 0.6) is 0 Å². The molecule has 0 aromatic carbocycles. The lowest BCUT2D eigenvalue weighted by Crippen LogP contribution is -2.44. The summed E-state index contributed by atoms with van der Waals surface area (Å²) < 4.78 is 0. The highest BCUT2D eigenvalue weighted by atomic mass is 32.1. The Balaban J connectivity index is 1.79. The van der Waals surface area contributed by atoms with E-state index >= 15 is 0 Å². The molecule has 2 N–H and O–H groups in total. The maximum Gasteiger partial charge on any atom is 0.191 e. The van der Waals surface area contributed by atoms with Gasteiger partial charge in [-0.2, -0.15) is 0 Å². The third-order valence-corrected chi connectivity index (χ3v) is 5.34. The van der Waals surface area contributed by atoms with E-state index in [1.165, 1.54) is 17.7 Å². The molecule has 5 heteroatoms. The van der Waals surface area contributed by atoms with Crippen molar-refractivity contribution in [2.75, 3.05) is 26.2 Å². The summed E-state index contributed by atoms with van der Waals surface area (Å²) in [5, 5.41) is 8.98. The minimum Gasteiger partial charge on any atom is -0.357 e. The number of aliphatic imine (C=N–C) groups is 1. The second kappa shape index (κ2) is 9.28. The maximum absolute atomic E-state index is 4.75. The smallest absolute Gasteiger partial charge is 0.191 e. The van der Waals surface area contributed by atoms with Crippen molar-refractivity contribution in [2.24, 2.45) is 4.99 Å². The first kappa shape index (κ1) is 18.3. The van der Waals surface area contributed by atoms with Gasteiger partial charge in [-0.25, -0.2) is 0 Å². The van der Waals surface area contributed by atoms with Crippen LogP contribution in [0.15, 0.2) is 22.5 Å². The number of nitrogens with zero attached hydrogens (tertiary/aromatic N) is 2. The molecule has 1 saturated carbocycles. The molecule has 0 amide bonds. The number of guanidine groups is 1. The van der Waals surface area contributed by atoms with Crippen molar-refractivity contribution >= 4 is 17.3 Å². The molecule has 23 heavy (non-hydrogen) atoms. The molecule has 130 valence electrons. The summed E-state index contributed by atoms with van der Waals surface area (Å²) in [6.07, 6.45) is 2.73. The van der Waals surface area contributed by atoms with E-state index in [1.54, 1.807) is 0 Å². The Hall–Kier alpha value is -1.07. The molecule has 1 unspecified atom stereocenters. The van der Waals surface area contributed by atoms with Gasteiger partial charge in [0.15, 0.2) is 5.96 Å². The van der Waals surface area contributed by atoms with Crippen LogP contribution in [0.1, 0.15) is 51.3 Å². The lowest BCUT2D eigenvalue weighted by atomic mass is 10.1. The van der Waals surface area contributed by atoms with Gasteiger partial charge in [-0.15, -0.1) is 11.3 Å². The minimum absolute atomic E-state index is 0.476. The van der Waals surface area contributed by atoms with E-state index in [9.17, 15) is 0 Å². The van der Waals surface area contributed by atoms with Gasteiger partial charge in [0.25, 0.3) is 0 Å². The number of rotatable bonds is 9. The summed E-state index contributed by atoms with van der Waals surface area (Å²) >= 11 is 1.81. The summed E-state index contributed by atoms with van der Waals surface area (Å²) in [7, 11) is 0. The predicted octanol–water partition coefficient (Wildman–Crippen LogP) is 3.28. The molecule has 1 aromatic rings. The van der Waals surface area contributed by atoms with E-state index < -0.39 is 0 Å². The highest BCUT2D eigenvalue weighted by Gasteiger charge is 2.30. The van der Waals surface area contributed by atoms with Crippen molar-refractivity contribution in [3.05, 3.63) is 22.4 Å². The molecule has 1 aliphatic carbocycles. The van der Waals surface area contributed by atoms with Gasteiger partial charge in [0.2, 0.25) is 0 Å². The highest BCUT2D eigenvalue weighted by Crippen LogP contribution is 2.27. The fourth-order valence-corrected chi connectivity index (χ4v) is 3.58. The molecule has 1 aliphatic rings. The summed E-state index contributed by atoms with van der Waals surface area (Å²) in [5.41, 5.74) is 0. The monoisotopic (exact) mass is 336 g/mol. The number of nitrogens with one attached hydrogen (secondary N) is 2. The zero-order valence-corrected chi connectivity index (χ0v) is 15.8. The average Bonchev–Trinajstić information content (AvgIpc) is 3.20. The van der Waals surface area contributed by atoms with Crippen LogP contribution >= 0.6 is 11.3 Å². The topological polar surface area (TPSA) is 39.7 Å². The summed E-state index contributed by atoms with van der Waals surface area (Å²) in [5.74, 6) is 1.42. The number of thiophene rings is 1. The zero-order chi connectivity index (χ0) is 16.7. The lowest BCUT2D eigenvalue weighted by Gasteiger charge is -2.26. The van der Waals surface area contributed by atoms with Crippen LogP contribution in [0.4, 0.5) is 0 Å². The molecule has 0 radical (unpaired) electrons. The van der Waals surface area contributed by atoms with Gasteiger partial charge >= 0.3 is 0 Å². The van der Waals surface area contributed by atoms with Crippen LogP contribution < -0.4 is 10.6 Å². The SMILES string of the molecule is CCNC(=NCC(C)c1cccs1)NCCN(C(C)C)C1CC1. The molecule has 4 nitrogen and oxygen atoms in total. The Kier molecular flexibility index (Phi) is 7.37. The van der Waals surface area contributed by atoms with Crippen LogP contribution in [0, 0.1) is 0 Å². The summed E-state index contributed by atoms with van der Waals surface area (Å²) in [6, 6.07) is 5.75. The van der Waals surface area contributed by atoms with E-state index in [0.717, 1.165) is 38.2 Å². The zero-order valence-electron chi connectivity index (χ0n) is 15.0. The van der Waals surface area contributed by atoms with Gasteiger partial charge in [-0.05, 0) is 45.1 Å². The third kappa shape index (κ3) is 6.15. The molecule has 1 heterocycles. The maximum atomic E-state index is 4.75. The fraction of sp³-hybridized carbons (Fsp3) is 0.722. The second-order valence-electron chi connectivity index (χ2n) is 6.63. The van der Waals surface area contributed by atoms with Crippen molar-refractivity contribution in [3.8, 4) is 0 Å². The second-order valence-corrected chi connectivity index (χ2v) is 7.60. The van der Waals surface area contributed by atoms with Gasteiger partial charge in [0.1, 0.15) is 0 Å². The Bertz CT molecular complexity index is 463. The van der Waals surface area contributed by atoms with Gasteiger partial charge in [0, 0.05) is 42.5 Å². The Labute approximate surface area is 145 Å². The van der Waals surface area contributed by atoms with Crippen molar-refractivity contribution in [3.63, 3.8) is 0 Å². The van der Waals surface area contributed by atoms with E-state index in [-0.39, 0.29) is 0 Å². The largest absolute Gasteiger partial charge is 0.357 e. The van der Waals surface area contributed by atoms with Crippen molar-refractivity contribution in [2.45, 2.75) is 58.5 Å². The van der Waals surface area contributed by atoms with Crippen LogP contribution in [0.3, 0.4) is 0 Å². The molecular weight excluding hydrogens is 304 g/mol. The molecule has 1 fully saturated rings. The number of hydrogen-bond acceptors (Lipinski definition) is 3. The summed E-state index contributed by atoms with van der Waals surface area (Å²) in [6.45, 7) is 12.7. The Morgan fingerprint density at radius 2 is 2.13 bits per heavy atom. The van der Waals surface area contributed by atoms with E-state index in [4.69, 9.17) is 4.99 Å². The molecular formula is C18H32N4S. The summed E-state index contributed by atoms with van der Waals surface area (Å²) in [4.78, 5) is 8.76. The lowest BCUT2D eigenvalue weighted by molar-refractivity contribution is 0.215. The molecule has 1 atom stereocenters. The quantitative estimate of drug-likeness (QED) is 0.537. The van der Waals surface area contributed by atoms with Crippen LogP contribution in [0.2, 0.25) is 0 Å². The first-order valence-corrected chi connectivity index (χ1v) is 9.81. The van der Waals surface area contributed by atoms with Crippen molar-refractivity contribution in [1.82, 2.24) is 15.5 Å². The van der Waals surface area contributed by atoms with Gasteiger partial charge in [0.05, 0.1) is 6.54 Å². The normalized spacial score (nSPS) is 16.9. The first-order valence-electron chi connectivity index (χ1n) is 8.93. The highest BCUT2D eigenvalue weighted by molar-refractivity contribution is 7.10. The van der Waals surface area contributed by atoms with Crippen LogP contribution in [-0.4, -0.2) is 49.1 Å². The van der Waals surface area contributed by atoms with Crippen molar-refractivity contribution < 1.29 is 0 Å². The number of hydrogen-bond donors (Lipinski definition) is 2. The average molecular weight is 337 g/mol. The van der Waals surface area contributed by atoms with Gasteiger partial charge < -0.3 is 10.6 Å². The standard InChI is InChI=1S/C18H32N4S/c1-5-19-18(21-13-15(4)17-7-6-12-23-17)20-10-11-22(14(2)3)16-8-9-16/h6-7,12,14-16H,5,8-11,13H2,1-4H3,(H2,19,20,21). The van der Waals surface area contributed by atoms with E-state index in [2.05, 4.69) is 60.7 Å².